The highest BCUT2D eigenvalue weighted by Gasteiger charge is 2.24. The first-order chi connectivity index (χ1) is 6.29. The fourth-order valence-electron chi connectivity index (χ4n) is 2.29. The first-order valence-electron chi connectivity index (χ1n) is 5.38. The molecule has 1 atom stereocenters. The molecule has 2 heteroatoms. The van der Waals surface area contributed by atoms with Gasteiger partial charge in [0.05, 0.1) is 12.5 Å². The lowest BCUT2D eigenvalue weighted by Crippen LogP contribution is -2.38. The Kier molecular flexibility index (Phi) is 4.24. The van der Waals surface area contributed by atoms with Crippen molar-refractivity contribution >= 4 is 0 Å². The van der Waals surface area contributed by atoms with Crippen molar-refractivity contribution in [2.45, 2.75) is 57.5 Å². The summed E-state index contributed by atoms with van der Waals surface area (Å²) in [6, 6.07) is 3.51. The molecule has 0 amide bonds. The fourth-order valence-corrected chi connectivity index (χ4v) is 2.29. The highest BCUT2D eigenvalue weighted by atomic mass is 15.2. The molecule has 0 saturated heterocycles. The Bertz CT molecular complexity index is 177. The molecule has 1 fully saturated rings. The second-order valence-corrected chi connectivity index (χ2v) is 4.03. The van der Waals surface area contributed by atoms with Gasteiger partial charge in [-0.05, 0) is 26.3 Å². The van der Waals surface area contributed by atoms with E-state index in [-0.39, 0.29) is 0 Å². The van der Waals surface area contributed by atoms with Crippen LogP contribution in [-0.2, 0) is 0 Å². The monoisotopic (exact) mass is 180 g/mol. The lowest BCUT2D eigenvalue weighted by molar-refractivity contribution is 0.172. The molecule has 0 bridgehead atoms. The van der Waals surface area contributed by atoms with Crippen LogP contribution in [0.15, 0.2) is 0 Å². The second-order valence-electron chi connectivity index (χ2n) is 4.03. The summed E-state index contributed by atoms with van der Waals surface area (Å²) in [5.74, 6) is 0. The average molecular weight is 180 g/mol. The summed E-state index contributed by atoms with van der Waals surface area (Å²) in [6.45, 7) is 2.17. The summed E-state index contributed by atoms with van der Waals surface area (Å²) >= 11 is 0. The van der Waals surface area contributed by atoms with E-state index in [0.717, 1.165) is 12.5 Å². The van der Waals surface area contributed by atoms with E-state index < -0.39 is 0 Å². The maximum absolute atomic E-state index is 8.68. The molecule has 0 aromatic rings. The second kappa shape index (κ2) is 5.24. The molecule has 2 nitrogen and oxygen atoms in total. The quantitative estimate of drug-likeness (QED) is 0.665. The van der Waals surface area contributed by atoms with E-state index in [1.54, 1.807) is 0 Å². The van der Waals surface area contributed by atoms with Crippen LogP contribution in [0.4, 0.5) is 0 Å². The molecule has 1 aliphatic rings. The molecular formula is C11H20N2. The van der Waals surface area contributed by atoms with Crippen LogP contribution in [0, 0.1) is 11.3 Å². The van der Waals surface area contributed by atoms with Gasteiger partial charge in [0.2, 0.25) is 0 Å². The molecule has 0 heterocycles. The SMILES string of the molecule is CCC(CC#N)N(C)C1CCCC1. The summed E-state index contributed by atoms with van der Waals surface area (Å²) in [5, 5.41) is 8.68. The minimum Gasteiger partial charge on any atom is -0.299 e. The molecule has 74 valence electrons. The van der Waals surface area contributed by atoms with Crippen molar-refractivity contribution in [2.75, 3.05) is 7.05 Å². The summed E-state index contributed by atoms with van der Waals surface area (Å²) in [6.07, 6.45) is 7.19. The third-order valence-electron chi connectivity index (χ3n) is 3.27. The van der Waals surface area contributed by atoms with Gasteiger partial charge in [-0.3, -0.25) is 4.90 Å². The summed E-state index contributed by atoms with van der Waals surface area (Å²) in [5.41, 5.74) is 0. The molecule has 0 aromatic carbocycles. The fraction of sp³-hybridized carbons (Fsp3) is 0.909. The smallest absolute Gasteiger partial charge is 0.0638 e. The van der Waals surface area contributed by atoms with Gasteiger partial charge in [-0.2, -0.15) is 5.26 Å². The number of nitriles is 1. The molecule has 0 aliphatic heterocycles. The Hall–Kier alpha value is -0.550. The Labute approximate surface area is 81.5 Å². The molecular weight excluding hydrogens is 160 g/mol. The van der Waals surface area contributed by atoms with Crippen molar-refractivity contribution in [1.29, 1.82) is 5.26 Å². The molecule has 13 heavy (non-hydrogen) atoms. The Balaban J connectivity index is 2.42. The maximum Gasteiger partial charge on any atom is 0.0638 e. The summed E-state index contributed by atoms with van der Waals surface area (Å²) in [4.78, 5) is 2.43. The predicted molar refractivity (Wildman–Crippen MR) is 54.3 cm³/mol. The van der Waals surface area contributed by atoms with Gasteiger partial charge in [0.25, 0.3) is 0 Å². The van der Waals surface area contributed by atoms with Crippen molar-refractivity contribution in [2.24, 2.45) is 0 Å². The van der Waals surface area contributed by atoms with Gasteiger partial charge < -0.3 is 0 Å². The maximum atomic E-state index is 8.68. The Morgan fingerprint density at radius 1 is 1.46 bits per heavy atom. The van der Waals surface area contributed by atoms with Gasteiger partial charge in [-0.1, -0.05) is 19.8 Å². The molecule has 0 aromatic heterocycles. The van der Waals surface area contributed by atoms with Crippen molar-refractivity contribution in [3.63, 3.8) is 0 Å². The third kappa shape index (κ3) is 2.70. The summed E-state index contributed by atoms with van der Waals surface area (Å²) < 4.78 is 0. The van der Waals surface area contributed by atoms with Crippen molar-refractivity contribution < 1.29 is 0 Å². The Morgan fingerprint density at radius 2 is 2.08 bits per heavy atom. The van der Waals surface area contributed by atoms with Gasteiger partial charge in [-0.25, -0.2) is 0 Å². The largest absolute Gasteiger partial charge is 0.299 e. The van der Waals surface area contributed by atoms with Gasteiger partial charge in [0.15, 0.2) is 0 Å². The van der Waals surface area contributed by atoms with Crippen molar-refractivity contribution in [1.82, 2.24) is 4.90 Å². The zero-order valence-electron chi connectivity index (χ0n) is 8.79. The minimum absolute atomic E-state index is 0.480. The average Bonchev–Trinajstić information content (AvgIpc) is 2.65. The zero-order valence-corrected chi connectivity index (χ0v) is 8.79. The van der Waals surface area contributed by atoms with Crippen molar-refractivity contribution in [3.05, 3.63) is 0 Å². The van der Waals surface area contributed by atoms with Crippen LogP contribution in [0.3, 0.4) is 0 Å². The van der Waals surface area contributed by atoms with Gasteiger partial charge >= 0.3 is 0 Å². The molecule has 1 rings (SSSR count). The molecule has 1 unspecified atom stereocenters. The van der Waals surface area contributed by atoms with E-state index in [2.05, 4.69) is 24.9 Å². The van der Waals surface area contributed by atoms with Crippen molar-refractivity contribution in [3.8, 4) is 6.07 Å². The van der Waals surface area contributed by atoms with Gasteiger partial charge in [0.1, 0.15) is 0 Å². The highest BCUT2D eigenvalue weighted by Crippen LogP contribution is 2.25. The number of hydrogen-bond donors (Lipinski definition) is 0. The molecule has 0 N–H and O–H groups in total. The van der Waals surface area contributed by atoms with Crippen LogP contribution in [0.2, 0.25) is 0 Å². The normalized spacial score (nSPS) is 20.5. The molecule has 0 radical (unpaired) electrons. The van der Waals surface area contributed by atoms with E-state index in [9.17, 15) is 0 Å². The third-order valence-corrected chi connectivity index (χ3v) is 3.27. The number of rotatable bonds is 4. The zero-order chi connectivity index (χ0) is 9.68. The number of nitrogens with zero attached hydrogens (tertiary/aromatic N) is 2. The molecule has 1 aliphatic carbocycles. The number of hydrogen-bond acceptors (Lipinski definition) is 2. The first-order valence-corrected chi connectivity index (χ1v) is 5.38. The van der Waals surface area contributed by atoms with E-state index in [1.165, 1.54) is 25.7 Å². The molecule has 1 saturated carbocycles. The minimum atomic E-state index is 0.480. The van der Waals surface area contributed by atoms with Crippen LogP contribution in [0.5, 0.6) is 0 Å². The van der Waals surface area contributed by atoms with E-state index in [0.29, 0.717) is 12.5 Å². The van der Waals surface area contributed by atoms with Crippen LogP contribution < -0.4 is 0 Å². The lowest BCUT2D eigenvalue weighted by Gasteiger charge is -2.30. The van der Waals surface area contributed by atoms with Crippen LogP contribution in [-0.4, -0.2) is 24.0 Å². The van der Waals surface area contributed by atoms with Crippen LogP contribution >= 0.6 is 0 Å². The summed E-state index contributed by atoms with van der Waals surface area (Å²) in [7, 11) is 2.18. The van der Waals surface area contributed by atoms with Gasteiger partial charge in [0, 0.05) is 12.1 Å². The topological polar surface area (TPSA) is 27.0 Å². The Morgan fingerprint density at radius 3 is 2.54 bits per heavy atom. The van der Waals surface area contributed by atoms with E-state index in [1.807, 2.05) is 0 Å². The first kappa shape index (κ1) is 10.5. The van der Waals surface area contributed by atoms with Crippen LogP contribution in [0.25, 0.3) is 0 Å². The van der Waals surface area contributed by atoms with E-state index >= 15 is 0 Å². The standard InChI is InChI=1S/C11H20N2/c1-3-10(8-9-12)13(2)11-6-4-5-7-11/h10-11H,3-8H2,1-2H3. The highest BCUT2D eigenvalue weighted by molar-refractivity contribution is 4.85. The van der Waals surface area contributed by atoms with E-state index in [4.69, 9.17) is 5.26 Å². The van der Waals surface area contributed by atoms with Gasteiger partial charge in [-0.15, -0.1) is 0 Å². The predicted octanol–water partition coefficient (Wildman–Crippen LogP) is 2.55. The molecule has 0 spiro atoms. The lowest BCUT2D eigenvalue weighted by atomic mass is 10.1. The van der Waals surface area contributed by atoms with Crippen LogP contribution in [0.1, 0.15) is 45.4 Å².